The number of benzene rings is 1. The Kier molecular flexibility index (Phi) is 7.03. The van der Waals surface area contributed by atoms with Gasteiger partial charge < -0.3 is 19.3 Å². The number of likely N-dealkylation sites (tertiary alicyclic amines) is 1. The molecule has 0 aromatic heterocycles. The van der Waals surface area contributed by atoms with Crippen LogP contribution in [-0.2, 0) is 11.3 Å². The number of carbonyl (C=O) groups excluding carboxylic acids is 1. The van der Waals surface area contributed by atoms with E-state index in [0.29, 0.717) is 38.2 Å². The van der Waals surface area contributed by atoms with Gasteiger partial charge in [-0.3, -0.25) is 0 Å². The highest BCUT2D eigenvalue weighted by molar-refractivity contribution is 5.68. The Morgan fingerprint density at radius 1 is 1.22 bits per heavy atom. The molecule has 2 rings (SSSR count). The van der Waals surface area contributed by atoms with Crippen LogP contribution in [0.5, 0.6) is 5.75 Å². The van der Waals surface area contributed by atoms with E-state index in [1.54, 1.807) is 4.90 Å². The van der Waals surface area contributed by atoms with Crippen LogP contribution in [0.4, 0.5) is 13.6 Å². The van der Waals surface area contributed by atoms with E-state index < -0.39 is 12.0 Å². The van der Waals surface area contributed by atoms with Crippen LogP contribution in [0, 0.1) is 0 Å². The molecule has 0 spiro atoms. The van der Waals surface area contributed by atoms with Gasteiger partial charge in [-0.05, 0) is 58.6 Å². The predicted octanol–water partition coefficient (Wildman–Crippen LogP) is 4.46. The fraction of sp³-hybridized carbons (Fsp3) is 0.650. The first-order valence-electron chi connectivity index (χ1n) is 9.25. The van der Waals surface area contributed by atoms with Crippen LogP contribution >= 0.6 is 0 Å². The van der Waals surface area contributed by atoms with Gasteiger partial charge in [-0.2, -0.15) is 0 Å². The highest BCUT2D eigenvalue weighted by Gasteiger charge is 2.27. The molecule has 1 saturated heterocycles. The highest BCUT2D eigenvalue weighted by Crippen LogP contribution is 2.28. The van der Waals surface area contributed by atoms with Gasteiger partial charge in [0.25, 0.3) is 6.43 Å². The molecule has 0 radical (unpaired) electrons. The van der Waals surface area contributed by atoms with Crippen molar-refractivity contribution in [3.8, 4) is 5.75 Å². The summed E-state index contributed by atoms with van der Waals surface area (Å²) in [5.41, 5.74) is 0.234. The first-order valence-corrected chi connectivity index (χ1v) is 9.25. The topological polar surface area (TPSA) is 42.0 Å². The highest BCUT2D eigenvalue weighted by atomic mass is 19.3. The molecule has 0 bridgehead atoms. The lowest BCUT2D eigenvalue weighted by molar-refractivity contribution is 0.0126. The zero-order valence-corrected chi connectivity index (χ0v) is 16.8. The van der Waals surface area contributed by atoms with Crippen molar-refractivity contribution in [2.24, 2.45) is 0 Å². The third kappa shape index (κ3) is 6.97. The molecular formula is C20H30F2N2O3. The zero-order chi connectivity index (χ0) is 20.2. The van der Waals surface area contributed by atoms with E-state index in [-0.39, 0.29) is 17.8 Å². The Morgan fingerprint density at radius 2 is 1.85 bits per heavy atom. The Morgan fingerprint density at radius 3 is 2.37 bits per heavy atom. The van der Waals surface area contributed by atoms with Crippen LogP contribution in [0.3, 0.4) is 0 Å². The van der Waals surface area contributed by atoms with Gasteiger partial charge in [-0.1, -0.05) is 0 Å². The van der Waals surface area contributed by atoms with Crippen LogP contribution in [-0.4, -0.2) is 54.8 Å². The SMILES string of the molecule is CN(C)Cc1cc(OC2CCN(C(=O)OC(C)(C)C)CC2)cc(C(F)F)c1. The third-order valence-corrected chi connectivity index (χ3v) is 4.14. The molecule has 0 atom stereocenters. The smallest absolute Gasteiger partial charge is 0.410 e. The summed E-state index contributed by atoms with van der Waals surface area (Å²) < 4.78 is 37.7. The number of amides is 1. The molecule has 152 valence electrons. The van der Waals surface area contributed by atoms with Crippen molar-refractivity contribution < 1.29 is 23.0 Å². The molecule has 27 heavy (non-hydrogen) atoms. The maximum absolute atomic E-state index is 13.2. The number of hydrogen-bond donors (Lipinski definition) is 0. The van der Waals surface area contributed by atoms with E-state index in [2.05, 4.69) is 0 Å². The molecule has 5 nitrogen and oxygen atoms in total. The lowest BCUT2D eigenvalue weighted by Gasteiger charge is -2.33. The minimum Gasteiger partial charge on any atom is -0.490 e. The molecular weight excluding hydrogens is 354 g/mol. The van der Waals surface area contributed by atoms with Crippen LogP contribution in [0.25, 0.3) is 0 Å². The molecule has 1 heterocycles. The average Bonchev–Trinajstić information content (AvgIpc) is 2.53. The zero-order valence-electron chi connectivity index (χ0n) is 16.8. The second-order valence-corrected chi connectivity index (χ2v) is 8.23. The Balaban J connectivity index is 1.98. The Bertz CT molecular complexity index is 637. The van der Waals surface area contributed by atoms with Crippen molar-refractivity contribution >= 4 is 6.09 Å². The van der Waals surface area contributed by atoms with E-state index >= 15 is 0 Å². The summed E-state index contributed by atoms with van der Waals surface area (Å²) in [4.78, 5) is 15.7. The Hall–Kier alpha value is -1.89. The number of alkyl halides is 2. The lowest BCUT2D eigenvalue weighted by atomic mass is 10.1. The molecule has 0 aliphatic carbocycles. The van der Waals surface area contributed by atoms with Crippen molar-refractivity contribution in [1.82, 2.24) is 9.80 Å². The van der Waals surface area contributed by atoms with Crippen LogP contribution in [0.1, 0.15) is 51.2 Å². The summed E-state index contributed by atoms with van der Waals surface area (Å²) in [7, 11) is 3.78. The number of ether oxygens (including phenoxy) is 2. The summed E-state index contributed by atoms with van der Waals surface area (Å²) in [5, 5.41) is 0. The molecule has 0 N–H and O–H groups in total. The number of piperidine rings is 1. The predicted molar refractivity (Wildman–Crippen MR) is 100 cm³/mol. The van der Waals surface area contributed by atoms with Gasteiger partial charge in [0.2, 0.25) is 0 Å². The molecule has 7 heteroatoms. The monoisotopic (exact) mass is 384 g/mol. The van der Waals surface area contributed by atoms with E-state index in [1.165, 1.54) is 12.1 Å². The normalized spacial score (nSPS) is 16.1. The number of hydrogen-bond acceptors (Lipinski definition) is 4. The van der Waals surface area contributed by atoms with Gasteiger partial charge in [0.15, 0.2) is 0 Å². The molecule has 1 aliphatic rings. The van der Waals surface area contributed by atoms with Gasteiger partial charge in [0.05, 0.1) is 0 Å². The first-order chi connectivity index (χ1) is 12.5. The number of carbonyl (C=O) groups is 1. The largest absolute Gasteiger partial charge is 0.490 e. The van der Waals surface area contributed by atoms with Crippen molar-refractivity contribution in [2.75, 3.05) is 27.2 Å². The molecule has 0 unspecified atom stereocenters. The number of halogens is 2. The van der Waals surface area contributed by atoms with Crippen molar-refractivity contribution in [3.05, 3.63) is 29.3 Å². The first kappa shape index (κ1) is 21.4. The maximum atomic E-state index is 13.2. The Labute approximate surface area is 160 Å². The molecule has 1 aromatic carbocycles. The van der Waals surface area contributed by atoms with E-state index in [4.69, 9.17) is 9.47 Å². The molecule has 0 saturated carbocycles. The average molecular weight is 384 g/mol. The maximum Gasteiger partial charge on any atom is 0.410 e. The van der Waals surface area contributed by atoms with E-state index in [0.717, 1.165) is 5.56 Å². The fourth-order valence-electron chi connectivity index (χ4n) is 3.01. The number of rotatable bonds is 5. The minimum atomic E-state index is -2.54. The second kappa shape index (κ2) is 8.87. The van der Waals surface area contributed by atoms with Crippen LogP contribution in [0.15, 0.2) is 18.2 Å². The summed E-state index contributed by atoms with van der Waals surface area (Å²) in [6, 6.07) is 4.73. The van der Waals surface area contributed by atoms with Gasteiger partial charge in [0, 0.05) is 38.0 Å². The van der Waals surface area contributed by atoms with Crippen molar-refractivity contribution in [1.29, 1.82) is 0 Å². The van der Waals surface area contributed by atoms with Gasteiger partial charge in [0.1, 0.15) is 17.5 Å². The quantitative estimate of drug-likeness (QED) is 0.751. The van der Waals surface area contributed by atoms with Gasteiger partial charge >= 0.3 is 6.09 Å². The molecule has 1 fully saturated rings. The van der Waals surface area contributed by atoms with Crippen molar-refractivity contribution in [2.45, 2.75) is 58.3 Å². The summed E-state index contributed by atoms with van der Waals surface area (Å²) in [6.07, 6.45) is -1.69. The lowest BCUT2D eigenvalue weighted by Crippen LogP contribution is -2.44. The standard InChI is InChI=1S/C20H30F2N2O3/c1-20(2,3)27-19(25)24-8-6-16(7-9-24)26-17-11-14(13-23(4)5)10-15(12-17)18(21)22/h10-12,16,18H,6-9,13H2,1-5H3. The number of nitrogens with zero attached hydrogens (tertiary/aromatic N) is 2. The van der Waals surface area contributed by atoms with Crippen LogP contribution < -0.4 is 4.74 Å². The van der Waals surface area contributed by atoms with E-state index in [1.807, 2.05) is 45.8 Å². The summed E-state index contributed by atoms with van der Waals surface area (Å²) in [6.45, 7) is 7.12. The third-order valence-electron chi connectivity index (χ3n) is 4.14. The van der Waals surface area contributed by atoms with Crippen molar-refractivity contribution in [3.63, 3.8) is 0 Å². The molecule has 1 aromatic rings. The van der Waals surface area contributed by atoms with E-state index in [9.17, 15) is 13.6 Å². The molecule has 1 aliphatic heterocycles. The summed E-state index contributed by atoms with van der Waals surface area (Å²) >= 11 is 0. The summed E-state index contributed by atoms with van der Waals surface area (Å²) in [5.74, 6) is 0.459. The minimum absolute atomic E-state index is 0.0319. The van der Waals surface area contributed by atoms with Gasteiger partial charge in [-0.25, -0.2) is 13.6 Å². The fourth-order valence-corrected chi connectivity index (χ4v) is 3.01. The van der Waals surface area contributed by atoms with Crippen LogP contribution in [0.2, 0.25) is 0 Å². The second-order valence-electron chi connectivity index (χ2n) is 8.23. The molecule has 1 amide bonds. The van der Waals surface area contributed by atoms with Gasteiger partial charge in [-0.15, -0.1) is 0 Å².